The Morgan fingerprint density at radius 1 is 1.16 bits per heavy atom. The van der Waals surface area contributed by atoms with Crippen molar-refractivity contribution in [3.05, 3.63) is 59.2 Å². The van der Waals surface area contributed by atoms with Crippen LogP contribution in [0.25, 0.3) is 0 Å². The Hall–Kier alpha value is -2.82. The molecule has 0 aliphatic heterocycles. The van der Waals surface area contributed by atoms with E-state index < -0.39 is 5.97 Å². The molecule has 0 saturated heterocycles. The molecule has 0 bridgehead atoms. The number of anilines is 1. The first-order valence-electron chi connectivity index (χ1n) is 8.28. The summed E-state index contributed by atoms with van der Waals surface area (Å²) in [6.45, 7) is 5.75. The number of rotatable bonds is 7. The third-order valence-electron chi connectivity index (χ3n) is 4.26. The highest BCUT2D eigenvalue weighted by molar-refractivity contribution is 5.96. The first-order valence-corrected chi connectivity index (χ1v) is 8.28. The van der Waals surface area contributed by atoms with Crippen molar-refractivity contribution in [3.8, 4) is 5.75 Å². The number of para-hydroxylation sites is 1. The van der Waals surface area contributed by atoms with Gasteiger partial charge in [-0.05, 0) is 48.6 Å². The van der Waals surface area contributed by atoms with Crippen molar-refractivity contribution in [2.24, 2.45) is 0 Å². The number of carboxylic acids is 1. The quantitative estimate of drug-likeness (QED) is 0.790. The first kappa shape index (κ1) is 18.5. The first-order chi connectivity index (χ1) is 11.9. The summed E-state index contributed by atoms with van der Waals surface area (Å²) in [5.74, 6) is -0.311. The minimum absolute atomic E-state index is 0.135. The molecule has 25 heavy (non-hydrogen) atoms. The number of ether oxygens (including phenoxy) is 1. The van der Waals surface area contributed by atoms with Crippen LogP contribution in [0.5, 0.6) is 5.75 Å². The Kier molecular flexibility index (Phi) is 6.17. The topological polar surface area (TPSA) is 75.6 Å². The second-order valence-corrected chi connectivity index (χ2v) is 5.97. The van der Waals surface area contributed by atoms with Crippen molar-refractivity contribution in [3.63, 3.8) is 0 Å². The second kappa shape index (κ2) is 8.33. The summed E-state index contributed by atoms with van der Waals surface area (Å²) >= 11 is 0. The minimum atomic E-state index is -1.02. The molecule has 1 amide bonds. The number of amides is 1. The minimum Gasteiger partial charge on any atom is -0.483 e. The van der Waals surface area contributed by atoms with Gasteiger partial charge in [0.05, 0.1) is 5.56 Å². The maximum absolute atomic E-state index is 12.2. The summed E-state index contributed by atoms with van der Waals surface area (Å²) < 4.78 is 5.68. The number of carbonyl (C=O) groups excluding carboxylic acids is 1. The maximum atomic E-state index is 12.2. The zero-order valence-corrected chi connectivity index (χ0v) is 14.7. The number of benzene rings is 2. The third-order valence-corrected chi connectivity index (χ3v) is 4.26. The van der Waals surface area contributed by atoms with Crippen LogP contribution in [0, 0.1) is 6.92 Å². The molecule has 2 aromatic rings. The van der Waals surface area contributed by atoms with Crippen molar-refractivity contribution in [2.75, 3.05) is 11.9 Å². The molecule has 0 radical (unpaired) electrons. The molecule has 0 aliphatic carbocycles. The molecule has 0 heterocycles. The van der Waals surface area contributed by atoms with Crippen LogP contribution in [-0.2, 0) is 4.79 Å². The molecule has 2 rings (SSSR count). The van der Waals surface area contributed by atoms with E-state index in [9.17, 15) is 9.59 Å². The van der Waals surface area contributed by atoms with E-state index in [-0.39, 0.29) is 18.1 Å². The zero-order chi connectivity index (χ0) is 18.4. The average Bonchev–Trinajstić information content (AvgIpc) is 2.61. The smallest absolute Gasteiger partial charge is 0.336 e. The van der Waals surface area contributed by atoms with Gasteiger partial charge in [-0.25, -0.2) is 4.79 Å². The number of hydrogen-bond acceptors (Lipinski definition) is 3. The number of aromatic carboxylic acids is 1. The lowest BCUT2D eigenvalue weighted by Gasteiger charge is -2.16. The fraction of sp³-hybridized carbons (Fsp3) is 0.300. The Labute approximate surface area is 147 Å². The lowest BCUT2D eigenvalue weighted by molar-refractivity contribution is -0.118. The van der Waals surface area contributed by atoms with Gasteiger partial charge in [0.2, 0.25) is 0 Å². The molecule has 0 spiro atoms. The average molecular weight is 341 g/mol. The highest BCUT2D eigenvalue weighted by atomic mass is 16.5. The summed E-state index contributed by atoms with van der Waals surface area (Å²) in [6, 6.07) is 12.5. The van der Waals surface area contributed by atoms with E-state index in [1.165, 1.54) is 6.07 Å². The largest absolute Gasteiger partial charge is 0.483 e. The van der Waals surface area contributed by atoms with Crippen molar-refractivity contribution in [1.29, 1.82) is 0 Å². The van der Waals surface area contributed by atoms with Gasteiger partial charge in [-0.1, -0.05) is 38.1 Å². The molecule has 2 N–H and O–H groups in total. The van der Waals surface area contributed by atoms with Gasteiger partial charge in [0.1, 0.15) is 5.75 Å². The van der Waals surface area contributed by atoms with Crippen LogP contribution in [-0.4, -0.2) is 23.6 Å². The maximum Gasteiger partial charge on any atom is 0.336 e. The van der Waals surface area contributed by atoms with Crippen LogP contribution in [0.15, 0.2) is 42.5 Å². The van der Waals surface area contributed by atoms with Gasteiger partial charge < -0.3 is 15.2 Å². The molecule has 0 fully saturated rings. The highest BCUT2D eigenvalue weighted by Gasteiger charge is 2.14. The summed E-state index contributed by atoms with van der Waals surface area (Å²) in [5, 5.41) is 11.9. The van der Waals surface area contributed by atoms with E-state index in [0.29, 0.717) is 22.9 Å². The summed E-state index contributed by atoms with van der Waals surface area (Å²) in [7, 11) is 0. The molecule has 0 unspecified atom stereocenters. The van der Waals surface area contributed by atoms with Crippen LogP contribution in [0.4, 0.5) is 5.69 Å². The zero-order valence-electron chi connectivity index (χ0n) is 14.7. The number of nitrogens with one attached hydrogen (secondary N) is 1. The number of carboxylic acid groups (broad SMARTS) is 1. The summed E-state index contributed by atoms with van der Waals surface area (Å²) in [4.78, 5) is 23.3. The van der Waals surface area contributed by atoms with E-state index in [4.69, 9.17) is 9.84 Å². The third kappa shape index (κ3) is 4.59. The molecule has 0 aromatic heterocycles. The molecular weight excluding hydrogens is 318 g/mol. The molecule has 2 aromatic carbocycles. The van der Waals surface area contributed by atoms with Gasteiger partial charge >= 0.3 is 5.97 Å². The Morgan fingerprint density at radius 3 is 2.56 bits per heavy atom. The van der Waals surface area contributed by atoms with E-state index in [0.717, 1.165) is 12.0 Å². The summed E-state index contributed by atoms with van der Waals surface area (Å²) in [6.07, 6.45) is 0.980. The lowest BCUT2D eigenvalue weighted by atomic mass is 9.98. The van der Waals surface area contributed by atoms with E-state index >= 15 is 0 Å². The molecule has 5 heteroatoms. The van der Waals surface area contributed by atoms with Crippen molar-refractivity contribution in [2.45, 2.75) is 33.1 Å². The molecule has 0 saturated carbocycles. The van der Waals surface area contributed by atoms with Crippen molar-refractivity contribution in [1.82, 2.24) is 0 Å². The Bertz CT molecular complexity index is 770. The van der Waals surface area contributed by atoms with Crippen LogP contribution >= 0.6 is 0 Å². The van der Waals surface area contributed by atoms with Gasteiger partial charge in [-0.3, -0.25) is 4.79 Å². The van der Waals surface area contributed by atoms with Crippen molar-refractivity contribution >= 4 is 17.6 Å². The lowest BCUT2D eigenvalue weighted by Crippen LogP contribution is -2.21. The fourth-order valence-corrected chi connectivity index (χ4v) is 2.57. The SMILES string of the molecule is CC[C@H](C)c1ccccc1OCC(=O)Nc1cccc(C(=O)O)c1C. The fourth-order valence-electron chi connectivity index (χ4n) is 2.57. The molecule has 5 nitrogen and oxygen atoms in total. The van der Waals surface area contributed by atoms with Crippen LogP contribution in [0.3, 0.4) is 0 Å². The summed E-state index contributed by atoms with van der Waals surface area (Å²) in [5.41, 5.74) is 2.23. The second-order valence-electron chi connectivity index (χ2n) is 5.97. The monoisotopic (exact) mass is 341 g/mol. The normalized spacial score (nSPS) is 11.6. The Morgan fingerprint density at radius 2 is 1.88 bits per heavy atom. The van der Waals surface area contributed by atoms with E-state index in [1.54, 1.807) is 19.1 Å². The molecule has 132 valence electrons. The van der Waals surface area contributed by atoms with Crippen molar-refractivity contribution < 1.29 is 19.4 Å². The predicted octanol–water partition coefficient (Wildman–Crippen LogP) is 4.22. The molecular formula is C20H23NO4. The van der Waals surface area contributed by atoms with Gasteiger partial charge in [-0.15, -0.1) is 0 Å². The van der Waals surface area contributed by atoms with Gasteiger partial charge in [0, 0.05) is 5.69 Å². The predicted molar refractivity (Wildman–Crippen MR) is 97.4 cm³/mol. The highest BCUT2D eigenvalue weighted by Crippen LogP contribution is 2.28. The van der Waals surface area contributed by atoms with Gasteiger partial charge in [0.15, 0.2) is 6.61 Å². The standard InChI is InChI=1S/C20H23NO4/c1-4-13(2)15-8-5-6-11-18(15)25-12-19(22)21-17-10-7-9-16(14(17)3)20(23)24/h5-11,13H,4,12H2,1-3H3,(H,21,22)(H,23,24)/t13-/m0/s1. The van der Waals surface area contributed by atoms with Crippen LogP contribution in [0.1, 0.15) is 47.7 Å². The molecule has 1 atom stereocenters. The van der Waals surface area contributed by atoms with Crippen LogP contribution in [0.2, 0.25) is 0 Å². The molecule has 0 aliphatic rings. The number of carbonyl (C=O) groups is 2. The number of hydrogen-bond donors (Lipinski definition) is 2. The van der Waals surface area contributed by atoms with Gasteiger partial charge in [-0.2, -0.15) is 0 Å². The van der Waals surface area contributed by atoms with Crippen LogP contribution < -0.4 is 10.1 Å². The van der Waals surface area contributed by atoms with E-state index in [1.807, 2.05) is 24.3 Å². The van der Waals surface area contributed by atoms with E-state index in [2.05, 4.69) is 19.2 Å². The van der Waals surface area contributed by atoms with Gasteiger partial charge in [0.25, 0.3) is 5.91 Å². The Balaban J connectivity index is 2.05.